The highest BCUT2D eigenvalue weighted by molar-refractivity contribution is 5.91. The number of nitrogens with one attached hydrogen (secondary N) is 2. The van der Waals surface area contributed by atoms with Crippen molar-refractivity contribution in [2.24, 2.45) is 5.41 Å². The number of amides is 3. The highest BCUT2D eigenvalue weighted by atomic mass is 16.5. The molecule has 30 heavy (non-hydrogen) atoms. The van der Waals surface area contributed by atoms with E-state index in [9.17, 15) is 9.59 Å². The number of hydrogen-bond donors (Lipinski definition) is 2. The molecule has 3 amide bonds. The van der Waals surface area contributed by atoms with Crippen LogP contribution in [0.5, 0.6) is 5.75 Å². The van der Waals surface area contributed by atoms with Gasteiger partial charge in [0.1, 0.15) is 5.75 Å². The van der Waals surface area contributed by atoms with Crippen LogP contribution in [0.1, 0.15) is 36.5 Å². The topological polar surface area (TPSA) is 70.7 Å². The molecule has 1 fully saturated rings. The van der Waals surface area contributed by atoms with Gasteiger partial charge in [-0.15, -0.1) is 0 Å². The van der Waals surface area contributed by atoms with E-state index in [0.29, 0.717) is 19.6 Å². The number of benzene rings is 2. The van der Waals surface area contributed by atoms with Gasteiger partial charge in [0.2, 0.25) is 5.91 Å². The van der Waals surface area contributed by atoms with Crippen LogP contribution in [0.3, 0.4) is 0 Å². The zero-order valence-corrected chi connectivity index (χ0v) is 18.2. The first-order valence-corrected chi connectivity index (χ1v) is 10.4. The molecule has 1 aliphatic heterocycles. The van der Waals surface area contributed by atoms with Crippen LogP contribution in [-0.2, 0) is 11.3 Å². The zero-order valence-electron chi connectivity index (χ0n) is 18.2. The Morgan fingerprint density at radius 1 is 1.17 bits per heavy atom. The van der Waals surface area contributed by atoms with E-state index in [-0.39, 0.29) is 11.9 Å². The van der Waals surface area contributed by atoms with Crippen LogP contribution in [0.25, 0.3) is 0 Å². The van der Waals surface area contributed by atoms with Crippen LogP contribution < -0.4 is 15.4 Å². The molecule has 1 unspecified atom stereocenters. The normalized spacial score (nSPS) is 18.6. The molecule has 1 saturated heterocycles. The molecular weight excluding hydrogens is 378 g/mol. The van der Waals surface area contributed by atoms with Gasteiger partial charge >= 0.3 is 6.03 Å². The monoisotopic (exact) mass is 409 g/mol. The lowest BCUT2D eigenvalue weighted by atomic mass is 9.81. The number of carbonyl (C=O) groups is 2. The fourth-order valence-corrected chi connectivity index (χ4v) is 3.92. The van der Waals surface area contributed by atoms with Crippen molar-refractivity contribution < 1.29 is 14.3 Å². The minimum atomic E-state index is -0.614. The summed E-state index contributed by atoms with van der Waals surface area (Å²) in [7, 11) is 1.62. The Hall–Kier alpha value is -3.02. The number of piperidine rings is 1. The summed E-state index contributed by atoms with van der Waals surface area (Å²) >= 11 is 0. The maximum absolute atomic E-state index is 13.0. The van der Waals surface area contributed by atoms with Gasteiger partial charge in [-0.25, -0.2) is 4.79 Å². The maximum Gasteiger partial charge on any atom is 0.321 e. The van der Waals surface area contributed by atoms with Crippen molar-refractivity contribution in [1.82, 2.24) is 10.2 Å². The van der Waals surface area contributed by atoms with Crippen molar-refractivity contribution in [3.63, 3.8) is 0 Å². The molecule has 0 saturated carbocycles. The van der Waals surface area contributed by atoms with Gasteiger partial charge < -0.3 is 20.3 Å². The number of anilines is 1. The minimum Gasteiger partial charge on any atom is -0.497 e. The van der Waals surface area contributed by atoms with Crippen LogP contribution in [0.4, 0.5) is 10.5 Å². The molecule has 3 rings (SSSR count). The molecule has 2 aromatic carbocycles. The summed E-state index contributed by atoms with van der Waals surface area (Å²) in [5.41, 5.74) is 3.35. The van der Waals surface area contributed by atoms with Crippen LogP contribution in [0.15, 0.2) is 42.5 Å². The summed E-state index contributed by atoms with van der Waals surface area (Å²) in [4.78, 5) is 27.5. The van der Waals surface area contributed by atoms with Gasteiger partial charge in [-0.05, 0) is 62.9 Å². The summed E-state index contributed by atoms with van der Waals surface area (Å²) in [5, 5.41) is 6.03. The minimum absolute atomic E-state index is 0.0330. The predicted molar refractivity (Wildman–Crippen MR) is 119 cm³/mol. The molecule has 0 radical (unpaired) electrons. The maximum atomic E-state index is 13.0. The molecule has 0 bridgehead atoms. The van der Waals surface area contributed by atoms with Gasteiger partial charge in [-0.1, -0.05) is 29.8 Å². The number of rotatable bonds is 5. The van der Waals surface area contributed by atoms with Crippen molar-refractivity contribution in [2.45, 2.75) is 40.2 Å². The number of hydrogen-bond acceptors (Lipinski definition) is 3. The van der Waals surface area contributed by atoms with E-state index < -0.39 is 5.41 Å². The van der Waals surface area contributed by atoms with Gasteiger partial charge in [0, 0.05) is 25.3 Å². The molecule has 160 valence electrons. The average molecular weight is 410 g/mol. The van der Waals surface area contributed by atoms with Crippen LogP contribution in [-0.4, -0.2) is 37.0 Å². The van der Waals surface area contributed by atoms with E-state index in [1.807, 2.05) is 63.2 Å². The van der Waals surface area contributed by atoms with E-state index in [0.717, 1.165) is 41.0 Å². The van der Waals surface area contributed by atoms with Crippen LogP contribution >= 0.6 is 0 Å². The Kier molecular flexibility index (Phi) is 6.65. The number of methoxy groups -OCH3 is 1. The molecule has 0 spiro atoms. The smallest absolute Gasteiger partial charge is 0.321 e. The fourth-order valence-electron chi connectivity index (χ4n) is 3.92. The van der Waals surface area contributed by atoms with Crippen molar-refractivity contribution in [3.8, 4) is 5.75 Å². The Morgan fingerprint density at radius 2 is 1.97 bits per heavy atom. The van der Waals surface area contributed by atoms with Crippen molar-refractivity contribution in [2.75, 3.05) is 25.5 Å². The largest absolute Gasteiger partial charge is 0.497 e. The van der Waals surface area contributed by atoms with Crippen molar-refractivity contribution in [3.05, 3.63) is 59.2 Å². The number of likely N-dealkylation sites (tertiary alicyclic amines) is 1. The second kappa shape index (κ2) is 9.20. The van der Waals surface area contributed by atoms with Gasteiger partial charge in [-0.2, -0.15) is 0 Å². The lowest BCUT2D eigenvalue weighted by Gasteiger charge is -2.39. The van der Waals surface area contributed by atoms with E-state index in [2.05, 4.69) is 10.6 Å². The van der Waals surface area contributed by atoms with Gasteiger partial charge in [0.05, 0.1) is 12.5 Å². The lowest BCUT2D eigenvalue weighted by Crippen LogP contribution is -2.52. The average Bonchev–Trinajstić information content (AvgIpc) is 2.74. The third kappa shape index (κ3) is 5.12. The molecule has 1 atom stereocenters. The van der Waals surface area contributed by atoms with Crippen molar-refractivity contribution in [1.29, 1.82) is 0 Å². The highest BCUT2D eigenvalue weighted by Gasteiger charge is 2.39. The number of aryl methyl sites for hydroxylation is 2. The van der Waals surface area contributed by atoms with E-state index in [1.54, 1.807) is 12.0 Å². The van der Waals surface area contributed by atoms with Crippen LogP contribution in [0.2, 0.25) is 0 Å². The number of nitrogens with zero attached hydrogens (tertiary/aromatic N) is 1. The Bertz CT molecular complexity index is 928. The molecule has 0 aromatic heterocycles. The third-order valence-electron chi connectivity index (χ3n) is 5.74. The summed E-state index contributed by atoms with van der Waals surface area (Å²) in [6.45, 7) is 7.42. The summed E-state index contributed by atoms with van der Waals surface area (Å²) < 4.78 is 5.24. The van der Waals surface area contributed by atoms with Gasteiger partial charge in [0.25, 0.3) is 0 Å². The van der Waals surface area contributed by atoms with Gasteiger partial charge in [0.15, 0.2) is 0 Å². The molecule has 1 aliphatic rings. The Morgan fingerprint density at radius 3 is 2.70 bits per heavy atom. The second-order valence-corrected chi connectivity index (χ2v) is 8.37. The number of carbonyl (C=O) groups excluding carboxylic acids is 2. The van der Waals surface area contributed by atoms with Gasteiger partial charge in [-0.3, -0.25) is 4.79 Å². The summed E-state index contributed by atoms with van der Waals surface area (Å²) in [5.74, 6) is 0.731. The number of urea groups is 1. The molecule has 2 aromatic rings. The van der Waals surface area contributed by atoms with Crippen molar-refractivity contribution >= 4 is 17.6 Å². The first-order chi connectivity index (χ1) is 14.3. The molecular formula is C24H31N3O3. The Balaban J connectivity index is 1.61. The SMILES string of the molecule is COc1cccc(CNC(=O)C2(C)CCCN(C(=O)Nc3ccc(C)cc3C)C2)c1. The summed E-state index contributed by atoms with van der Waals surface area (Å²) in [6.07, 6.45) is 1.55. The van der Waals surface area contributed by atoms with Crippen LogP contribution in [0, 0.1) is 19.3 Å². The molecule has 1 heterocycles. The molecule has 2 N–H and O–H groups in total. The molecule has 6 nitrogen and oxygen atoms in total. The highest BCUT2D eigenvalue weighted by Crippen LogP contribution is 2.30. The fraction of sp³-hybridized carbons (Fsp3) is 0.417. The number of ether oxygens (including phenoxy) is 1. The predicted octanol–water partition coefficient (Wildman–Crippen LogP) is 4.26. The molecule has 0 aliphatic carbocycles. The quantitative estimate of drug-likeness (QED) is 0.775. The Labute approximate surface area is 178 Å². The third-order valence-corrected chi connectivity index (χ3v) is 5.74. The first-order valence-electron chi connectivity index (χ1n) is 10.4. The lowest BCUT2D eigenvalue weighted by molar-refractivity contribution is -0.132. The van der Waals surface area contributed by atoms with E-state index in [4.69, 9.17) is 4.74 Å². The first kappa shape index (κ1) is 21.7. The van der Waals surface area contributed by atoms with E-state index in [1.165, 1.54) is 0 Å². The zero-order chi connectivity index (χ0) is 21.7. The molecule has 6 heteroatoms. The van der Waals surface area contributed by atoms with E-state index >= 15 is 0 Å². The summed E-state index contributed by atoms with van der Waals surface area (Å²) in [6, 6.07) is 13.4. The second-order valence-electron chi connectivity index (χ2n) is 8.37. The standard InChI is InChI=1S/C24H31N3O3/c1-17-9-10-21(18(2)13-17)26-23(29)27-12-6-11-24(3,16-27)22(28)25-15-19-7-5-8-20(14-19)30-4/h5,7-10,13-14H,6,11-12,15-16H2,1-4H3,(H,25,28)(H,26,29).